The van der Waals surface area contributed by atoms with Crippen molar-refractivity contribution in [3.05, 3.63) is 53.9 Å². The number of rotatable bonds is 2. The first-order chi connectivity index (χ1) is 8.31. The van der Waals surface area contributed by atoms with Gasteiger partial charge in [0.25, 0.3) is 5.91 Å². The maximum absolute atomic E-state index is 11.8. The monoisotopic (exact) mass is 224 g/mol. The minimum Gasteiger partial charge on any atom is -0.319 e. The van der Waals surface area contributed by atoms with Crippen LogP contribution in [0.3, 0.4) is 0 Å². The number of benzene rings is 1. The van der Waals surface area contributed by atoms with Crippen LogP contribution in [0.2, 0.25) is 0 Å². The quantitative estimate of drug-likeness (QED) is 0.840. The van der Waals surface area contributed by atoms with Gasteiger partial charge in [0.05, 0.1) is 11.3 Å². The maximum atomic E-state index is 11.8. The maximum Gasteiger partial charge on any atom is 0.276 e. The fraction of sp³-hybridized carbons (Fsp3) is 0. The summed E-state index contributed by atoms with van der Waals surface area (Å²) in [4.78, 5) is 11.8. The Hall–Kier alpha value is -2.74. The number of nitriles is 1. The molecule has 0 atom stereocenters. The van der Waals surface area contributed by atoms with Gasteiger partial charge in [0.2, 0.25) is 0 Å². The van der Waals surface area contributed by atoms with Crippen molar-refractivity contribution in [1.82, 2.24) is 10.2 Å². The summed E-state index contributed by atoms with van der Waals surface area (Å²) in [6.45, 7) is 0. The van der Waals surface area contributed by atoms with Crippen LogP contribution in [-0.2, 0) is 0 Å². The van der Waals surface area contributed by atoms with Crippen LogP contribution in [-0.4, -0.2) is 16.1 Å². The van der Waals surface area contributed by atoms with Gasteiger partial charge in [-0.15, -0.1) is 5.10 Å². The average molecular weight is 224 g/mol. The lowest BCUT2D eigenvalue weighted by molar-refractivity contribution is 0.102. The zero-order valence-corrected chi connectivity index (χ0v) is 8.79. The first-order valence-electron chi connectivity index (χ1n) is 4.89. The van der Waals surface area contributed by atoms with Crippen LogP contribution in [0.4, 0.5) is 5.69 Å². The van der Waals surface area contributed by atoms with Gasteiger partial charge in [0, 0.05) is 6.20 Å². The van der Waals surface area contributed by atoms with Gasteiger partial charge in [-0.1, -0.05) is 12.1 Å². The van der Waals surface area contributed by atoms with Crippen LogP contribution >= 0.6 is 0 Å². The largest absolute Gasteiger partial charge is 0.319 e. The molecule has 82 valence electrons. The Morgan fingerprint density at radius 2 is 2.06 bits per heavy atom. The highest BCUT2D eigenvalue weighted by atomic mass is 16.1. The first kappa shape index (κ1) is 10.8. The second-order valence-corrected chi connectivity index (χ2v) is 3.22. The summed E-state index contributed by atoms with van der Waals surface area (Å²) in [6.07, 6.45) is 1.49. The molecule has 0 saturated heterocycles. The van der Waals surface area contributed by atoms with E-state index in [-0.39, 0.29) is 11.6 Å². The molecular weight excluding hydrogens is 216 g/mol. The van der Waals surface area contributed by atoms with E-state index in [1.54, 1.807) is 36.4 Å². The van der Waals surface area contributed by atoms with Crippen LogP contribution in [0, 0.1) is 11.3 Å². The minimum atomic E-state index is -0.388. The Morgan fingerprint density at radius 3 is 2.76 bits per heavy atom. The van der Waals surface area contributed by atoms with Gasteiger partial charge >= 0.3 is 0 Å². The summed E-state index contributed by atoms with van der Waals surface area (Å²) in [7, 11) is 0. The number of hydrogen-bond donors (Lipinski definition) is 1. The predicted octanol–water partition coefficient (Wildman–Crippen LogP) is 1.60. The third kappa shape index (κ3) is 2.44. The Bertz CT molecular complexity index is 575. The molecule has 2 aromatic rings. The molecule has 0 unspecified atom stereocenters. The zero-order valence-electron chi connectivity index (χ0n) is 8.79. The average Bonchev–Trinajstić information content (AvgIpc) is 2.40. The second-order valence-electron chi connectivity index (χ2n) is 3.22. The Morgan fingerprint density at radius 1 is 1.24 bits per heavy atom. The second kappa shape index (κ2) is 4.86. The highest BCUT2D eigenvalue weighted by Gasteiger charge is 2.09. The van der Waals surface area contributed by atoms with Crippen molar-refractivity contribution in [3.8, 4) is 6.07 Å². The van der Waals surface area contributed by atoms with Crippen molar-refractivity contribution < 1.29 is 4.79 Å². The summed E-state index contributed by atoms with van der Waals surface area (Å²) in [5.41, 5.74) is 1.08. The summed E-state index contributed by atoms with van der Waals surface area (Å²) in [6, 6.07) is 11.9. The molecule has 17 heavy (non-hydrogen) atoms. The standard InChI is InChI=1S/C12H8N4O/c13-8-9-4-1-2-5-10(9)15-12(17)11-6-3-7-14-16-11/h1-7H,(H,15,17). The highest BCUT2D eigenvalue weighted by molar-refractivity contribution is 6.03. The number of carbonyl (C=O) groups is 1. The molecule has 2 rings (SSSR count). The lowest BCUT2D eigenvalue weighted by Crippen LogP contribution is -2.14. The summed E-state index contributed by atoms with van der Waals surface area (Å²) < 4.78 is 0. The Balaban J connectivity index is 2.23. The molecule has 1 amide bonds. The summed E-state index contributed by atoms with van der Waals surface area (Å²) >= 11 is 0. The third-order valence-electron chi connectivity index (χ3n) is 2.10. The molecule has 0 saturated carbocycles. The van der Waals surface area contributed by atoms with Crippen LogP contribution in [0.5, 0.6) is 0 Å². The van der Waals surface area contributed by atoms with E-state index in [9.17, 15) is 4.79 Å². The van der Waals surface area contributed by atoms with Gasteiger partial charge in [-0.3, -0.25) is 4.79 Å². The molecule has 0 bridgehead atoms. The van der Waals surface area contributed by atoms with Gasteiger partial charge in [-0.2, -0.15) is 10.4 Å². The van der Waals surface area contributed by atoms with E-state index in [1.807, 2.05) is 6.07 Å². The molecule has 1 N–H and O–H groups in total. The lowest BCUT2D eigenvalue weighted by Gasteiger charge is -2.05. The van der Waals surface area contributed by atoms with Crippen molar-refractivity contribution in [1.29, 1.82) is 5.26 Å². The third-order valence-corrected chi connectivity index (χ3v) is 2.10. The topological polar surface area (TPSA) is 78.7 Å². The molecule has 1 heterocycles. The first-order valence-corrected chi connectivity index (χ1v) is 4.89. The smallest absolute Gasteiger partial charge is 0.276 e. The molecule has 0 aliphatic heterocycles. The number of hydrogen-bond acceptors (Lipinski definition) is 4. The van der Waals surface area contributed by atoms with Gasteiger partial charge < -0.3 is 5.32 Å². The number of para-hydroxylation sites is 1. The molecule has 5 heteroatoms. The molecule has 0 radical (unpaired) electrons. The Labute approximate surface area is 97.7 Å². The fourth-order valence-electron chi connectivity index (χ4n) is 1.30. The van der Waals surface area contributed by atoms with E-state index in [1.165, 1.54) is 6.20 Å². The van der Waals surface area contributed by atoms with Crippen molar-refractivity contribution in [3.63, 3.8) is 0 Å². The van der Waals surface area contributed by atoms with E-state index in [0.717, 1.165) is 0 Å². The predicted molar refractivity (Wildman–Crippen MR) is 61.1 cm³/mol. The SMILES string of the molecule is N#Cc1ccccc1NC(=O)c1cccnn1. The molecule has 0 aliphatic rings. The lowest BCUT2D eigenvalue weighted by atomic mass is 10.2. The van der Waals surface area contributed by atoms with Crippen LogP contribution in [0.25, 0.3) is 0 Å². The van der Waals surface area contributed by atoms with Crippen LogP contribution in [0.15, 0.2) is 42.6 Å². The van der Waals surface area contributed by atoms with Gasteiger partial charge in [-0.05, 0) is 24.3 Å². The molecule has 0 spiro atoms. The van der Waals surface area contributed by atoms with Crippen molar-refractivity contribution in [2.45, 2.75) is 0 Å². The molecule has 5 nitrogen and oxygen atoms in total. The van der Waals surface area contributed by atoms with Gasteiger partial charge in [0.1, 0.15) is 6.07 Å². The van der Waals surface area contributed by atoms with E-state index >= 15 is 0 Å². The summed E-state index contributed by atoms with van der Waals surface area (Å²) in [5.74, 6) is -0.388. The Kier molecular flexibility index (Phi) is 3.08. The molecule has 1 aromatic carbocycles. The normalized spacial score (nSPS) is 9.35. The van der Waals surface area contributed by atoms with Crippen LogP contribution < -0.4 is 5.32 Å². The van der Waals surface area contributed by atoms with E-state index in [4.69, 9.17) is 5.26 Å². The highest BCUT2D eigenvalue weighted by Crippen LogP contribution is 2.14. The number of nitrogens with one attached hydrogen (secondary N) is 1. The number of amides is 1. The molecule has 1 aromatic heterocycles. The fourth-order valence-corrected chi connectivity index (χ4v) is 1.30. The summed E-state index contributed by atoms with van der Waals surface area (Å²) in [5, 5.41) is 18.8. The van der Waals surface area contributed by atoms with E-state index in [0.29, 0.717) is 11.3 Å². The number of nitrogens with zero attached hydrogens (tertiary/aromatic N) is 3. The minimum absolute atomic E-state index is 0.209. The number of aromatic nitrogens is 2. The van der Waals surface area contributed by atoms with E-state index in [2.05, 4.69) is 15.5 Å². The van der Waals surface area contributed by atoms with Crippen molar-refractivity contribution >= 4 is 11.6 Å². The molecular formula is C12H8N4O. The molecule has 0 fully saturated rings. The van der Waals surface area contributed by atoms with E-state index < -0.39 is 0 Å². The number of anilines is 1. The van der Waals surface area contributed by atoms with Crippen molar-refractivity contribution in [2.75, 3.05) is 5.32 Å². The molecule has 0 aliphatic carbocycles. The van der Waals surface area contributed by atoms with Crippen LogP contribution in [0.1, 0.15) is 16.1 Å². The van der Waals surface area contributed by atoms with Gasteiger partial charge in [0.15, 0.2) is 5.69 Å². The zero-order chi connectivity index (χ0) is 12.1. The number of carbonyl (C=O) groups excluding carboxylic acids is 1. The van der Waals surface area contributed by atoms with Crippen molar-refractivity contribution in [2.24, 2.45) is 0 Å². The van der Waals surface area contributed by atoms with Gasteiger partial charge in [-0.25, -0.2) is 0 Å².